The maximum Gasteiger partial charge on any atom is 0.408 e. The van der Waals surface area contributed by atoms with Crippen molar-refractivity contribution in [1.29, 1.82) is 0 Å². The highest BCUT2D eigenvalue weighted by Gasteiger charge is 2.24. The highest BCUT2D eigenvalue weighted by Crippen LogP contribution is 2.13. The lowest BCUT2D eigenvalue weighted by atomic mass is 10.0. The minimum absolute atomic E-state index is 0.258. The first-order valence-corrected chi connectivity index (χ1v) is 9.76. The Hall–Kier alpha value is -3.02. The number of aryl methyl sites for hydroxylation is 1. The summed E-state index contributed by atoms with van der Waals surface area (Å²) in [5.74, 6) is -0.258. The van der Waals surface area contributed by atoms with Gasteiger partial charge in [-0.15, -0.1) is 0 Å². The Morgan fingerprint density at radius 1 is 1.03 bits per heavy atom. The van der Waals surface area contributed by atoms with Crippen LogP contribution < -0.4 is 16.0 Å². The molecule has 1 atom stereocenters. The number of rotatable bonds is 7. The zero-order valence-corrected chi connectivity index (χ0v) is 17.8. The predicted octanol–water partition coefficient (Wildman–Crippen LogP) is 3.79. The van der Waals surface area contributed by atoms with Crippen molar-refractivity contribution in [2.24, 2.45) is 0 Å². The first-order valence-electron chi connectivity index (χ1n) is 9.76. The van der Waals surface area contributed by atoms with Gasteiger partial charge in [-0.1, -0.05) is 42.0 Å². The van der Waals surface area contributed by atoms with Crippen LogP contribution in [0.4, 0.5) is 10.5 Å². The van der Waals surface area contributed by atoms with E-state index in [2.05, 4.69) is 16.0 Å². The molecule has 2 aromatic rings. The molecule has 0 spiro atoms. The van der Waals surface area contributed by atoms with Crippen molar-refractivity contribution < 1.29 is 14.3 Å². The lowest BCUT2D eigenvalue weighted by Crippen LogP contribution is -2.49. The van der Waals surface area contributed by atoms with E-state index in [0.29, 0.717) is 13.0 Å². The van der Waals surface area contributed by atoms with Crippen molar-refractivity contribution in [3.63, 3.8) is 0 Å². The van der Waals surface area contributed by atoms with Gasteiger partial charge in [-0.05, 0) is 51.0 Å². The van der Waals surface area contributed by atoms with Crippen molar-refractivity contribution in [1.82, 2.24) is 10.6 Å². The van der Waals surface area contributed by atoms with Crippen LogP contribution in [-0.2, 0) is 22.5 Å². The second-order valence-electron chi connectivity index (χ2n) is 8.06. The number of hydrogen-bond donors (Lipinski definition) is 3. The number of anilines is 1. The predicted molar refractivity (Wildman–Crippen MR) is 116 cm³/mol. The van der Waals surface area contributed by atoms with Gasteiger partial charge in [0.2, 0.25) is 5.91 Å². The molecule has 3 N–H and O–H groups in total. The maximum atomic E-state index is 12.8. The Morgan fingerprint density at radius 2 is 1.72 bits per heavy atom. The fourth-order valence-corrected chi connectivity index (χ4v) is 2.77. The summed E-state index contributed by atoms with van der Waals surface area (Å²) < 4.78 is 5.33. The zero-order valence-electron chi connectivity index (χ0n) is 17.8. The Kier molecular flexibility index (Phi) is 7.65. The molecule has 29 heavy (non-hydrogen) atoms. The van der Waals surface area contributed by atoms with Crippen LogP contribution in [0.25, 0.3) is 0 Å². The molecular weight excluding hydrogens is 366 g/mol. The van der Waals surface area contributed by atoms with Gasteiger partial charge in [0.25, 0.3) is 0 Å². The minimum Gasteiger partial charge on any atom is -0.444 e. The molecule has 0 unspecified atom stereocenters. The Morgan fingerprint density at radius 3 is 2.34 bits per heavy atom. The summed E-state index contributed by atoms with van der Waals surface area (Å²) in [6, 6.07) is 14.9. The van der Waals surface area contributed by atoms with Gasteiger partial charge in [0.15, 0.2) is 0 Å². The van der Waals surface area contributed by atoms with Crippen LogP contribution in [0.3, 0.4) is 0 Å². The summed E-state index contributed by atoms with van der Waals surface area (Å²) in [4.78, 5) is 25.1. The lowest BCUT2D eigenvalue weighted by Gasteiger charge is -2.23. The molecule has 0 aliphatic heterocycles. The molecule has 0 saturated carbocycles. The quantitative estimate of drug-likeness (QED) is 0.664. The topological polar surface area (TPSA) is 79.5 Å². The van der Waals surface area contributed by atoms with E-state index in [1.165, 1.54) is 0 Å². The molecule has 2 amide bonds. The SMILES string of the molecule is CNc1cccc(C[C@H](NC(=O)OC(C)(C)C)C(=O)NCc2ccc(C)cc2)c1. The van der Waals surface area contributed by atoms with Gasteiger partial charge >= 0.3 is 6.09 Å². The van der Waals surface area contributed by atoms with Gasteiger partial charge in [-0.2, -0.15) is 0 Å². The smallest absolute Gasteiger partial charge is 0.408 e. The molecule has 0 bridgehead atoms. The van der Waals surface area contributed by atoms with Crippen LogP contribution >= 0.6 is 0 Å². The molecule has 0 radical (unpaired) electrons. The summed E-state index contributed by atoms with van der Waals surface area (Å²) in [7, 11) is 1.84. The van der Waals surface area contributed by atoms with Gasteiger partial charge < -0.3 is 20.7 Å². The van der Waals surface area contributed by atoms with Crippen LogP contribution in [0.15, 0.2) is 48.5 Å². The molecule has 0 aliphatic rings. The normalized spacial score (nSPS) is 12.0. The number of nitrogens with one attached hydrogen (secondary N) is 3. The average Bonchev–Trinajstić information content (AvgIpc) is 2.65. The number of carbonyl (C=O) groups excluding carboxylic acids is 2. The number of hydrogen-bond acceptors (Lipinski definition) is 4. The lowest BCUT2D eigenvalue weighted by molar-refractivity contribution is -0.123. The number of carbonyl (C=O) groups is 2. The third-order valence-corrected chi connectivity index (χ3v) is 4.25. The largest absolute Gasteiger partial charge is 0.444 e. The van der Waals surface area contributed by atoms with E-state index in [9.17, 15) is 9.59 Å². The highest BCUT2D eigenvalue weighted by molar-refractivity contribution is 5.86. The van der Waals surface area contributed by atoms with Crippen LogP contribution in [0.2, 0.25) is 0 Å². The molecule has 6 heteroatoms. The van der Waals surface area contributed by atoms with E-state index in [1.54, 1.807) is 20.8 Å². The Labute approximate surface area is 173 Å². The molecule has 0 aromatic heterocycles. The molecule has 0 aliphatic carbocycles. The first-order chi connectivity index (χ1) is 13.7. The fourth-order valence-electron chi connectivity index (χ4n) is 2.77. The van der Waals surface area contributed by atoms with Crippen molar-refractivity contribution in [3.05, 3.63) is 65.2 Å². The molecule has 2 aromatic carbocycles. The first kappa shape index (κ1) is 22.3. The molecule has 6 nitrogen and oxygen atoms in total. The number of alkyl carbamates (subject to hydrolysis) is 1. The zero-order chi connectivity index (χ0) is 21.4. The van der Waals surface area contributed by atoms with E-state index >= 15 is 0 Å². The summed E-state index contributed by atoms with van der Waals surface area (Å²) >= 11 is 0. The van der Waals surface area contributed by atoms with Crippen LogP contribution in [0.1, 0.15) is 37.5 Å². The van der Waals surface area contributed by atoms with E-state index in [1.807, 2.05) is 62.5 Å². The highest BCUT2D eigenvalue weighted by atomic mass is 16.6. The second-order valence-corrected chi connectivity index (χ2v) is 8.06. The summed E-state index contributed by atoms with van der Waals surface area (Å²) in [6.45, 7) is 7.77. The van der Waals surface area contributed by atoms with Crippen molar-refractivity contribution in [2.75, 3.05) is 12.4 Å². The second kappa shape index (κ2) is 9.96. The summed E-state index contributed by atoms with van der Waals surface area (Å²) in [5.41, 5.74) is 3.40. The van der Waals surface area contributed by atoms with Gasteiger partial charge in [0.05, 0.1) is 0 Å². The third-order valence-electron chi connectivity index (χ3n) is 4.25. The van der Waals surface area contributed by atoms with Crippen LogP contribution in [-0.4, -0.2) is 30.7 Å². The van der Waals surface area contributed by atoms with Gasteiger partial charge in [-0.3, -0.25) is 4.79 Å². The number of amides is 2. The minimum atomic E-state index is -0.748. The van der Waals surface area contributed by atoms with Crippen LogP contribution in [0, 0.1) is 6.92 Å². The molecule has 0 saturated heterocycles. The van der Waals surface area contributed by atoms with Gasteiger partial charge in [0, 0.05) is 25.7 Å². The van der Waals surface area contributed by atoms with E-state index < -0.39 is 17.7 Å². The fraction of sp³-hybridized carbons (Fsp3) is 0.391. The Balaban J connectivity index is 2.10. The van der Waals surface area contributed by atoms with Crippen molar-refractivity contribution in [2.45, 2.75) is 52.3 Å². The summed E-state index contributed by atoms with van der Waals surface area (Å²) in [5, 5.41) is 8.70. The number of ether oxygens (including phenoxy) is 1. The van der Waals surface area contributed by atoms with Gasteiger partial charge in [0.1, 0.15) is 11.6 Å². The molecule has 2 rings (SSSR count). The number of benzene rings is 2. The van der Waals surface area contributed by atoms with Crippen molar-refractivity contribution in [3.8, 4) is 0 Å². The third kappa shape index (κ3) is 7.86. The molecule has 0 heterocycles. The van der Waals surface area contributed by atoms with E-state index in [0.717, 1.165) is 22.4 Å². The molecule has 156 valence electrons. The van der Waals surface area contributed by atoms with Crippen LogP contribution in [0.5, 0.6) is 0 Å². The average molecular weight is 398 g/mol. The Bertz CT molecular complexity index is 826. The summed E-state index contributed by atoms with van der Waals surface area (Å²) in [6.07, 6.45) is -0.258. The van der Waals surface area contributed by atoms with E-state index in [4.69, 9.17) is 4.74 Å². The van der Waals surface area contributed by atoms with Gasteiger partial charge in [-0.25, -0.2) is 4.79 Å². The standard InChI is InChI=1S/C23H31N3O3/c1-16-9-11-17(12-10-16)15-25-21(27)20(26-22(28)29-23(2,3)4)14-18-7-6-8-19(13-18)24-5/h6-13,20,24H,14-15H2,1-5H3,(H,25,27)(H,26,28)/t20-/m0/s1. The van der Waals surface area contributed by atoms with Crippen molar-refractivity contribution >= 4 is 17.7 Å². The van der Waals surface area contributed by atoms with E-state index in [-0.39, 0.29) is 5.91 Å². The molecule has 0 fully saturated rings. The molecular formula is C23H31N3O3. The monoisotopic (exact) mass is 397 g/mol. The maximum absolute atomic E-state index is 12.8.